The summed E-state index contributed by atoms with van der Waals surface area (Å²) < 4.78 is 5.84. The Bertz CT molecular complexity index is 893. The minimum Gasteiger partial charge on any atom is -0.488 e. The number of aryl methyl sites for hydroxylation is 1. The molecule has 20 heavy (non-hydrogen) atoms. The Balaban J connectivity index is 2.10. The molecule has 4 rings (SSSR count). The molecule has 98 valence electrons. The fourth-order valence-electron chi connectivity index (χ4n) is 2.81. The number of rotatable bonds is 0. The predicted molar refractivity (Wildman–Crippen MR) is 79.1 cm³/mol. The van der Waals surface area contributed by atoms with Gasteiger partial charge in [-0.15, -0.1) is 0 Å². The van der Waals surface area contributed by atoms with Crippen LogP contribution in [0.2, 0.25) is 0 Å². The van der Waals surface area contributed by atoms with Gasteiger partial charge in [0.25, 0.3) is 5.56 Å². The Morgan fingerprint density at radius 2 is 1.95 bits per heavy atom. The summed E-state index contributed by atoms with van der Waals surface area (Å²) in [4.78, 5) is 14.6. The number of nitrogens with one attached hydrogen (secondary N) is 1. The van der Waals surface area contributed by atoms with Crippen molar-refractivity contribution in [2.45, 2.75) is 13.5 Å². The Morgan fingerprint density at radius 1 is 1.10 bits per heavy atom. The van der Waals surface area contributed by atoms with Crippen LogP contribution >= 0.6 is 0 Å². The molecular weight excluding hydrogens is 250 g/mol. The van der Waals surface area contributed by atoms with Gasteiger partial charge < -0.3 is 9.72 Å². The minimum absolute atomic E-state index is 0.0328. The first-order valence-electron chi connectivity index (χ1n) is 6.62. The van der Waals surface area contributed by atoms with Gasteiger partial charge in [0.15, 0.2) is 0 Å². The lowest BCUT2D eigenvalue weighted by Gasteiger charge is -2.22. The van der Waals surface area contributed by atoms with E-state index >= 15 is 0 Å². The first-order valence-corrected chi connectivity index (χ1v) is 6.62. The molecule has 0 bridgehead atoms. The first-order chi connectivity index (χ1) is 9.74. The molecule has 0 saturated heterocycles. The third-order valence-corrected chi connectivity index (χ3v) is 3.87. The van der Waals surface area contributed by atoms with Crippen LogP contribution in [0.15, 0.2) is 47.3 Å². The summed E-state index contributed by atoms with van der Waals surface area (Å²) in [5.74, 6) is 0.917. The summed E-state index contributed by atoms with van der Waals surface area (Å²) in [5, 5.41) is 1.06. The molecule has 0 spiro atoms. The van der Waals surface area contributed by atoms with E-state index in [1.165, 1.54) is 5.56 Å². The molecule has 1 N–H and O–H groups in total. The maximum Gasteiger partial charge on any atom is 0.251 e. The predicted octanol–water partition coefficient (Wildman–Crippen LogP) is 3.40. The smallest absolute Gasteiger partial charge is 0.251 e. The van der Waals surface area contributed by atoms with Gasteiger partial charge in [-0.3, -0.25) is 4.79 Å². The van der Waals surface area contributed by atoms with E-state index in [0.717, 1.165) is 33.3 Å². The highest BCUT2D eigenvalue weighted by Crippen LogP contribution is 2.39. The summed E-state index contributed by atoms with van der Waals surface area (Å²) in [5.41, 5.74) is 4.99. The van der Waals surface area contributed by atoms with Crippen LogP contribution in [0.25, 0.3) is 22.0 Å². The molecule has 0 amide bonds. The van der Waals surface area contributed by atoms with Crippen molar-refractivity contribution in [2.75, 3.05) is 0 Å². The Hall–Kier alpha value is -2.55. The lowest BCUT2D eigenvalue weighted by atomic mass is 9.93. The van der Waals surface area contributed by atoms with Crippen LogP contribution in [0.5, 0.6) is 5.75 Å². The van der Waals surface area contributed by atoms with Crippen molar-refractivity contribution in [3.8, 4) is 16.9 Å². The highest BCUT2D eigenvalue weighted by molar-refractivity contribution is 5.91. The third-order valence-electron chi connectivity index (χ3n) is 3.87. The molecule has 2 aromatic carbocycles. The second kappa shape index (κ2) is 3.97. The number of pyridine rings is 1. The Labute approximate surface area is 115 Å². The van der Waals surface area contributed by atoms with E-state index in [0.29, 0.717) is 6.61 Å². The standard InChI is InChI=1S/C17H13NO2/c1-10-8-13-14-9-20-16-5-3-2-4-12(16)11(14)6-7-15(13)18-17(10)19/h2-8H,9H2,1H3,(H,18,19). The van der Waals surface area contributed by atoms with Crippen LogP contribution in [-0.4, -0.2) is 4.98 Å². The number of aromatic nitrogens is 1. The van der Waals surface area contributed by atoms with E-state index in [9.17, 15) is 4.79 Å². The number of hydrogen-bond donors (Lipinski definition) is 1. The molecule has 3 nitrogen and oxygen atoms in total. The van der Waals surface area contributed by atoms with Gasteiger partial charge in [0.1, 0.15) is 12.4 Å². The van der Waals surface area contributed by atoms with Crippen molar-refractivity contribution in [3.05, 3.63) is 63.9 Å². The molecule has 1 aromatic heterocycles. The molecule has 0 saturated carbocycles. The number of benzene rings is 2. The zero-order valence-electron chi connectivity index (χ0n) is 11.1. The molecular formula is C17H13NO2. The molecule has 3 heteroatoms. The van der Waals surface area contributed by atoms with Gasteiger partial charge in [-0.25, -0.2) is 0 Å². The summed E-state index contributed by atoms with van der Waals surface area (Å²) in [6.07, 6.45) is 0. The lowest BCUT2D eigenvalue weighted by molar-refractivity contribution is 0.304. The van der Waals surface area contributed by atoms with Crippen LogP contribution in [0, 0.1) is 6.92 Å². The minimum atomic E-state index is -0.0328. The van der Waals surface area contributed by atoms with Gasteiger partial charge in [0, 0.05) is 27.6 Å². The van der Waals surface area contributed by atoms with Crippen LogP contribution in [0.1, 0.15) is 11.1 Å². The molecule has 1 aliphatic rings. The topological polar surface area (TPSA) is 42.1 Å². The van der Waals surface area contributed by atoms with Gasteiger partial charge in [0.05, 0.1) is 0 Å². The fourth-order valence-corrected chi connectivity index (χ4v) is 2.81. The maximum atomic E-state index is 11.7. The first kappa shape index (κ1) is 11.3. The average molecular weight is 263 g/mol. The molecule has 0 unspecified atom stereocenters. The second-order valence-corrected chi connectivity index (χ2v) is 5.12. The van der Waals surface area contributed by atoms with Crippen LogP contribution < -0.4 is 10.3 Å². The number of para-hydroxylation sites is 1. The van der Waals surface area contributed by atoms with Crippen molar-refractivity contribution < 1.29 is 4.74 Å². The molecule has 0 fully saturated rings. The highest BCUT2D eigenvalue weighted by atomic mass is 16.5. The number of fused-ring (bicyclic) bond motifs is 5. The average Bonchev–Trinajstić information content (AvgIpc) is 2.48. The number of H-pyrrole nitrogens is 1. The zero-order chi connectivity index (χ0) is 13.7. The van der Waals surface area contributed by atoms with E-state index < -0.39 is 0 Å². The zero-order valence-corrected chi connectivity index (χ0v) is 11.1. The van der Waals surface area contributed by atoms with E-state index in [2.05, 4.69) is 17.1 Å². The van der Waals surface area contributed by atoms with Crippen molar-refractivity contribution >= 4 is 10.9 Å². The van der Waals surface area contributed by atoms with E-state index in [-0.39, 0.29) is 5.56 Å². The van der Waals surface area contributed by atoms with Crippen molar-refractivity contribution in [1.82, 2.24) is 4.98 Å². The van der Waals surface area contributed by atoms with E-state index in [1.807, 2.05) is 37.3 Å². The van der Waals surface area contributed by atoms with Crippen LogP contribution in [0.3, 0.4) is 0 Å². The second-order valence-electron chi connectivity index (χ2n) is 5.12. The summed E-state index contributed by atoms with van der Waals surface area (Å²) in [6.45, 7) is 2.37. The number of ether oxygens (including phenoxy) is 1. The van der Waals surface area contributed by atoms with Crippen LogP contribution in [-0.2, 0) is 6.61 Å². The summed E-state index contributed by atoms with van der Waals surface area (Å²) >= 11 is 0. The van der Waals surface area contributed by atoms with Gasteiger partial charge in [-0.1, -0.05) is 24.3 Å². The molecule has 2 heterocycles. The molecule has 0 aliphatic carbocycles. The fraction of sp³-hybridized carbons (Fsp3) is 0.118. The van der Waals surface area contributed by atoms with Gasteiger partial charge >= 0.3 is 0 Å². The number of hydrogen-bond acceptors (Lipinski definition) is 2. The largest absolute Gasteiger partial charge is 0.488 e. The van der Waals surface area contributed by atoms with E-state index in [4.69, 9.17) is 4.74 Å². The van der Waals surface area contributed by atoms with Crippen molar-refractivity contribution in [1.29, 1.82) is 0 Å². The Morgan fingerprint density at radius 3 is 2.85 bits per heavy atom. The lowest BCUT2D eigenvalue weighted by Crippen LogP contribution is -2.11. The highest BCUT2D eigenvalue weighted by Gasteiger charge is 2.19. The summed E-state index contributed by atoms with van der Waals surface area (Å²) in [7, 11) is 0. The quantitative estimate of drug-likeness (QED) is 0.675. The van der Waals surface area contributed by atoms with Gasteiger partial charge in [-0.05, 0) is 30.7 Å². The van der Waals surface area contributed by atoms with Gasteiger partial charge in [0.2, 0.25) is 0 Å². The van der Waals surface area contributed by atoms with Crippen LogP contribution in [0.4, 0.5) is 0 Å². The SMILES string of the molecule is Cc1cc2c3c(ccc2[nH]c1=O)-c1ccccc1OC3. The Kier molecular flexibility index (Phi) is 2.24. The molecule has 0 radical (unpaired) electrons. The maximum absolute atomic E-state index is 11.7. The molecule has 3 aromatic rings. The molecule has 0 atom stereocenters. The van der Waals surface area contributed by atoms with Gasteiger partial charge in [-0.2, -0.15) is 0 Å². The molecule has 1 aliphatic heterocycles. The third kappa shape index (κ3) is 1.50. The summed E-state index contributed by atoms with van der Waals surface area (Å²) in [6, 6.07) is 14.0. The van der Waals surface area contributed by atoms with Crippen molar-refractivity contribution in [2.24, 2.45) is 0 Å². The van der Waals surface area contributed by atoms with E-state index in [1.54, 1.807) is 0 Å². The monoisotopic (exact) mass is 263 g/mol. The number of aromatic amines is 1. The van der Waals surface area contributed by atoms with Crippen molar-refractivity contribution in [3.63, 3.8) is 0 Å². The normalized spacial score (nSPS) is 12.7.